The molecule has 0 radical (unpaired) electrons. The second-order valence-corrected chi connectivity index (χ2v) is 4.16. The summed E-state index contributed by atoms with van der Waals surface area (Å²) in [4.78, 5) is 4.15. The summed E-state index contributed by atoms with van der Waals surface area (Å²) in [5, 5.41) is 9.04. The first-order valence-corrected chi connectivity index (χ1v) is 5.73. The molecule has 1 aromatic carbocycles. The van der Waals surface area contributed by atoms with Gasteiger partial charge in [-0.15, -0.1) is 0 Å². The maximum absolute atomic E-state index is 9.04. The highest BCUT2D eigenvalue weighted by Gasteiger charge is 2.22. The predicted molar refractivity (Wildman–Crippen MR) is 62.8 cm³/mol. The molecule has 4 heteroatoms. The summed E-state index contributed by atoms with van der Waals surface area (Å²) in [6.07, 6.45) is 4.60. The number of rotatable bonds is 2. The van der Waals surface area contributed by atoms with Gasteiger partial charge in [0.15, 0.2) is 0 Å². The molecule has 0 spiro atoms. The zero-order chi connectivity index (χ0) is 11.7. The SMILES string of the molecule is OCc1cn(C2CCOc3ccccc32)cn1. The third kappa shape index (κ3) is 1.80. The predicted octanol–water partition coefficient (Wildman–Crippen LogP) is 1.75. The first kappa shape index (κ1) is 10.4. The van der Waals surface area contributed by atoms with Crippen molar-refractivity contribution in [1.29, 1.82) is 0 Å². The topological polar surface area (TPSA) is 47.3 Å². The second kappa shape index (κ2) is 4.22. The molecule has 2 aromatic rings. The van der Waals surface area contributed by atoms with Gasteiger partial charge in [-0.25, -0.2) is 4.98 Å². The van der Waals surface area contributed by atoms with Crippen molar-refractivity contribution in [2.45, 2.75) is 19.1 Å². The fraction of sp³-hybridized carbons (Fsp3) is 0.308. The van der Waals surface area contributed by atoms with Gasteiger partial charge in [0, 0.05) is 18.2 Å². The van der Waals surface area contributed by atoms with Gasteiger partial charge < -0.3 is 14.4 Å². The van der Waals surface area contributed by atoms with Crippen LogP contribution in [0.1, 0.15) is 23.7 Å². The Balaban J connectivity index is 1.99. The van der Waals surface area contributed by atoms with E-state index in [4.69, 9.17) is 9.84 Å². The Bertz CT molecular complexity index is 522. The summed E-state index contributed by atoms with van der Waals surface area (Å²) in [7, 11) is 0. The fourth-order valence-electron chi connectivity index (χ4n) is 2.26. The minimum Gasteiger partial charge on any atom is -0.493 e. The summed E-state index contributed by atoms with van der Waals surface area (Å²) in [6.45, 7) is 0.701. The maximum Gasteiger partial charge on any atom is 0.124 e. The van der Waals surface area contributed by atoms with E-state index in [1.165, 1.54) is 5.56 Å². The smallest absolute Gasteiger partial charge is 0.124 e. The first-order valence-electron chi connectivity index (χ1n) is 5.73. The lowest BCUT2D eigenvalue weighted by Crippen LogP contribution is -2.19. The van der Waals surface area contributed by atoms with E-state index in [9.17, 15) is 0 Å². The summed E-state index contributed by atoms with van der Waals surface area (Å²) in [6, 6.07) is 8.33. The molecular formula is C13H14N2O2. The van der Waals surface area contributed by atoms with E-state index in [2.05, 4.69) is 11.1 Å². The monoisotopic (exact) mass is 230 g/mol. The van der Waals surface area contributed by atoms with Crippen LogP contribution in [0.2, 0.25) is 0 Å². The number of hydrogen-bond acceptors (Lipinski definition) is 3. The molecule has 0 saturated carbocycles. The Kier molecular flexibility index (Phi) is 2.57. The van der Waals surface area contributed by atoms with Crippen LogP contribution in [0.3, 0.4) is 0 Å². The van der Waals surface area contributed by atoms with Crippen LogP contribution in [-0.2, 0) is 6.61 Å². The van der Waals surface area contributed by atoms with Crippen LogP contribution in [0, 0.1) is 0 Å². The Morgan fingerprint density at radius 3 is 3.12 bits per heavy atom. The number of aliphatic hydroxyl groups excluding tert-OH is 1. The lowest BCUT2D eigenvalue weighted by atomic mass is 10.0. The molecule has 0 aliphatic carbocycles. The molecule has 0 amide bonds. The molecule has 1 aliphatic heterocycles. The number of nitrogens with zero attached hydrogens (tertiary/aromatic N) is 2. The number of benzene rings is 1. The van der Waals surface area contributed by atoms with Crippen LogP contribution in [0.5, 0.6) is 5.75 Å². The van der Waals surface area contributed by atoms with E-state index in [-0.39, 0.29) is 12.6 Å². The number of aliphatic hydroxyl groups is 1. The quantitative estimate of drug-likeness (QED) is 0.855. The third-order valence-corrected chi connectivity index (χ3v) is 3.10. The summed E-state index contributed by atoms with van der Waals surface area (Å²) in [5.41, 5.74) is 1.88. The Morgan fingerprint density at radius 2 is 2.29 bits per heavy atom. The van der Waals surface area contributed by atoms with Crippen LogP contribution in [0.15, 0.2) is 36.8 Å². The highest BCUT2D eigenvalue weighted by atomic mass is 16.5. The molecule has 1 unspecified atom stereocenters. The number of ether oxygens (including phenoxy) is 1. The van der Waals surface area contributed by atoms with Crippen LogP contribution in [0.25, 0.3) is 0 Å². The van der Waals surface area contributed by atoms with Crippen molar-refractivity contribution >= 4 is 0 Å². The van der Waals surface area contributed by atoms with Crippen LogP contribution in [0.4, 0.5) is 0 Å². The van der Waals surface area contributed by atoms with E-state index >= 15 is 0 Å². The molecule has 17 heavy (non-hydrogen) atoms. The molecule has 0 bridgehead atoms. The molecule has 0 saturated heterocycles. The number of hydrogen-bond donors (Lipinski definition) is 1. The minimum absolute atomic E-state index is 0.0160. The second-order valence-electron chi connectivity index (χ2n) is 4.16. The normalized spacial score (nSPS) is 18.5. The van der Waals surface area contributed by atoms with Crippen LogP contribution >= 0.6 is 0 Å². The Morgan fingerprint density at radius 1 is 1.41 bits per heavy atom. The van der Waals surface area contributed by atoms with Crippen molar-refractivity contribution in [3.8, 4) is 5.75 Å². The average molecular weight is 230 g/mol. The lowest BCUT2D eigenvalue weighted by Gasteiger charge is -2.26. The Labute approximate surface area is 99.5 Å². The number of imidazole rings is 1. The highest BCUT2D eigenvalue weighted by Crippen LogP contribution is 2.34. The summed E-state index contributed by atoms with van der Waals surface area (Å²) in [5.74, 6) is 0.947. The molecule has 4 nitrogen and oxygen atoms in total. The molecule has 1 N–H and O–H groups in total. The third-order valence-electron chi connectivity index (χ3n) is 3.10. The van der Waals surface area contributed by atoms with E-state index in [1.54, 1.807) is 6.33 Å². The minimum atomic E-state index is -0.0160. The van der Waals surface area contributed by atoms with Crippen molar-refractivity contribution in [2.75, 3.05) is 6.61 Å². The molecule has 1 atom stereocenters. The van der Waals surface area contributed by atoms with Crippen LogP contribution < -0.4 is 4.74 Å². The molecule has 1 aromatic heterocycles. The number of fused-ring (bicyclic) bond motifs is 1. The van der Waals surface area contributed by atoms with Crippen molar-refractivity contribution in [3.05, 3.63) is 48.0 Å². The van der Waals surface area contributed by atoms with Crippen LogP contribution in [-0.4, -0.2) is 21.3 Å². The molecule has 3 rings (SSSR count). The molecule has 2 heterocycles. The lowest BCUT2D eigenvalue weighted by molar-refractivity contribution is 0.255. The van der Waals surface area contributed by atoms with Gasteiger partial charge in [0.05, 0.1) is 31.3 Å². The average Bonchev–Trinajstić information content (AvgIpc) is 2.87. The van der Waals surface area contributed by atoms with Crippen molar-refractivity contribution < 1.29 is 9.84 Å². The van der Waals surface area contributed by atoms with E-state index < -0.39 is 0 Å². The van der Waals surface area contributed by atoms with Gasteiger partial charge in [-0.3, -0.25) is 0 Å². The van der Waals surface area contributed by atoms with Gasteiger partial charge in [0.2, 0.25) is 0 Å². The van der Waals surface area contributed by atoms with Gasteiger partial charge in [0.1, 0.15) is 5.75 Å². The molecule has 1 aliphatic rings. The van der Waals surface area contributed by atoms with Crippen molar-refractivity contribution in [3.63, 3.8) is 0 Å². The Hall–Kier alpha value is -1.81. The highest BCUT2D eigenvalue weighted by molar-refractivity contribution is 5.37. The van der Waals surface area contributed by atoms with Gasteiger partial charge in [0.25, 0.3) is 0 Å². The van der Waals surface area contributed by atoms with E-state index in [0.29, 0.717) is 12.3 Å². The van der Waals surface area contributed by atoms with Gasteiger partial charge in [-0.1, -0.05) is 18.2 Å². The molecular weight excluding hydrogens is 216 g/mol. The summed E-state index contributed by atoms with van der Waals surface area (Å²) < 4.78 is 7.67. The van der Waals surface area contributed by atoms with Gasteiger partial charge in [-0.05, 0) is 6.07 Å². The largest absolute Gasteiger partial charge is 0.493 e. The molecule has 0 fully saturated rings. The molecule has 88 valence electrons. The van der Waals surface area contributed by atoms with Gasteiger partial charge in [-0.2, -0.15) is 0 Å². The maximum atomic E-state index is 9.04. The van der Waals surface area contributed by atoms with Crippen molar-refractivity contribution in [2.24, 2.45) is 0 Å². The zero-order valence-corrected chi connectivity index (χ0v) is 9.41. The summed E-state index contributed by atoms with van der Waals surface area (Å²) >= 11 is 0. The zero-order valence-electron chi connectivity index (χ0n) is 9.41. The number of aromatic nitrogens is 2. The van der Waals surface area contributed by atoms with E-state index in [1.807, 2.05) is 29.0 Å². The standard InChI is InChI=1S/C13H14N2O2/c16-8-10-7-15(9-14-10)12-5-6-17-13-4-2-1-3-11(12)13/h1-4,7,9,12,16H,5-6,8H2. The van der Waals surface area contributed by atoms with Gasteiger partial charge >= 0.3 is 0 Å². The fourth-order valence-corrected chi connectivity index (χ4v) is 2.26. The number of para-hydroxylation sites is 1. The van der Waals surface area contributed by atoms with Crippen molar-refractivity contribution in [1.82, 2.24) is 9.55 Å². The first-order chi connectivity index (χ1) is 8.38. The van der Waals surface area contributed by atoms with E-state index in [0.717, 1.165) is 12.2 Å².